The lowest BCUT2D eigenvalue weighted by Crippen LogP contribution is -2.06. The van der Waals surface area contributed by atoms with Gasteiger partial charge in [-0.2, -0.15) is 8.78 Å². The zero-order valence-electron chi connectivity index (χ0n) is 10.9. The Bertz CT molecular complexity index is 677. The fraction of sp³-hybridized carbons (Fsp3) is 0.286. The summed E-state index contributed by atoms with van der Waals surface area (Å²) in [5.41, 5.74) is 7.11. The smallest absolute Gasteiger partial charge is 0.387 e. The van der Waals surface area contributed by atoms with Gasteiger partial charge in [0.05, 0.1) is 15.7 Å². The number of rotatable bonds is 4. The maximum Gasteiger partial charge on any atom is 0.387 e. The Morgan fingerprint density at radius 1 is 1.24 bits per heavy atom. The highest BCUT2D eigenvalue weighted by molar-refractivity contribution is 9.10. The zero-order chi connectivity index (χ0) is 15.0. The number of nitrogens with two attached hydrogens (primary N) is 1. The summed E-state index contributed by atoms with van der Waals surface area (Å²) in [5.74, 6) is 0.991. The van der Waals surface area contributed by atoms with Gasteiger partial charge in [-0.1, -0.05) is 12.1 Å². The maximum absolute atomic E-state index is 12.5. The molecule has 0 unspecified atom stereocenters. The Hall–Kier alpha value is -1.76. The van der Waals surface area contributed by atoms with E-state index >= 15 is 0 Å². The number of ether oxygens (including phenoxy) is 1. The average molecular weight is 356 g/mol. The Kier molecular flexibility index (Phi) is 3.75. The molecular weight excluding hydrogens is 344 g/mol. The molecule has 0 bridgehead atoms. The molecular formula is C14H12BrF2N3O. The van der Waals surface area contributed by atoms with Crippen LogP contribution in [0.2, 0.25) is 0 Å². The van der Waals surface area contributed by atoms with Gasteiger partial charge in [-0.05, 0) is 40.9 Å². The summed E-state index contributed by atoms with van der Waals surface area (Å²) < 4.78 is 30.2. The molecule has 21 heavy (non-hydrogen) atoms. The van der Waals surface area contributed by atoms with Gasteiger partial charge in [0.2, 0.25) is 0 Å². The van der Waals surface area contributed by atoms with Crippen LogP contribution in [0.5, 0.6) is 5.75 Å². The third kappa shape index (κ3) is 2.97. The second-order valence-electron chi connectivity index (χ2n) is 4.78. The molecule has 2 N–H and O–H groups in total. The van der Waals surface area contributed by atoms with Gasteiger partial charge in [-0.3, -0.25) is 0 Å². The minimum absolute atomic E-state index is 0.0379. The van der Waals surface area contributed by atoms with E-state index in [1.54, 1.807) is 18.2 Å². The fourth-order valence-corrected chi connectivity index (χ4v) is 2.58. The molecule has 1 aliphatic rings. The first kappa shape index (κ1) is 14.2. The maximum atomic E-state index is 12.5. The fourth-order valence-electron chi connectivity index (χ4n) is 2.08. The van der Waals surface area contributed by atoms with Gasteiger partial charge in [0.25, 0.3) is 0 Å². The zero-order valence-corrected chi connectivity index (χ0v) is 12.5. The molecule has 7 heteroatoms. The number of hydrogen-bond donors (Lipinski definition) is 1. The van der Waals surface area contributed by atoms with Crippen molar-refractivity contribution >= 4 is 21.7 Å². The number of nitrogens with zero attached hydrogens (tertiary/aromatic N) is 2. The highest BCUT2D eigenvalue weighted by Gasteiger charge is 2.29. The lowest BCUT2D eigenvalue weighted by Gasteiger charge is -2.12. The summed E-state index contributed by atoms with van der Waals surface area (Å²) in [6.07, 6.45) is 2.09. The number of para-hydroxylation sites is 1. The molecule has 2 aromatic rings. The second-order valence-corrected chi connectivity index (χ2v) is 5.57. The van der Waals surface area contributed by atoms with Crippen LogP contribution in [0, 0.1) is 0 Å². The van der Waals surface area contributed by atoms with Crippen LogP contribution in [0.1, 0.15) is 24.5 Å². The SMILES string of the molecule is Nc1nc(-c2ccccc2OC(F)F)nc(C2CC2)c1Br. The molecule has 4 nitrogen and oxygen atoms in total. The number of halogens is 3. The van der Waals surface area contributed by atoms with Gasteiger partial charge in [-0.15, -0.1) is 0 Å². The minimum atomic E-state index is -2.90. The number of nitrogen functional groups attached to an aromatic ring is 1. The van der Waals surface area contributed by atoms with E-state index in [0.717, 1.165) is 18.5 Å². The Morgan fingerprint density at radius 2 is 1.95 bits per heavy atom. The lowest BCUT2D eigenvalue weighted by molar-refractivity contribution is -0.0494. The van der Waals surface area contributed by atoms with Gasteiger partial charge < -0.3 is 10.5 Å². The van der Waals surface area contributed by atoms with E-state index < -0.39 is 6.61 Å². The minimum Gasteiger partial charge on any atom is -0.434 e. The van der Waals surface area contributed by atoms with E-state index in [-0.39, 0.29) is 5.75 Å². The Labute approximate surface area is 128 Å². The summed E-state index contributed by atoms with van der Waals surface area (Å²) in [6, 6.07) is 6.42. The average Bonchev–Trinajstić information content (AvgIpc) is 3.26. The molecule has 1 aromatic heterocycles. The van der Waals surface area contributed by atoms with Crippen LogP contribution in [0.4, 0.5) is 14.6 Å². The van der Waals surface area contributed by atoms with Crippen molar-refractivity contribution in [1.82, 2.24) is 9.97 Å². The van der Waals surface area contributed by atoms with E-state index in [9.17, 15) is 8.78 Å². The van der Waals surface area contributed by atoms with E-state index in [1.807, 2.05) is 0 Å². The highest BCUT2D eigenvalue weighted by Crippen LogP contribution is 2.44. The number of aromatic nitrogens is 2. The summed E-state index contributed by atoms with van der Waals surface area (Å²) in [6.45, 7) is -2.90. The molecule has 110 valence electrons. The quantitative estimate of drug-likeness (QED) is 0.901. The van der Waals surface area contributed by atoms with Gasteiger partial charge >= 0.3 is 6.61 Å². The molecule has 1 saturated carbocycles. The van der Waals surface area contributed by atoms with Gasteiger partial charge in [0.15, 0.2) is 5.82 Å². The number of anilines is 1. The normalized spacial score (nSPS) is 14.5. The molecule has 0 saturated heterocycles. The lowest BCUT2D eigenvalue weighted by atomic mass is 10.1. The van der Waals surface area contributed by atoms with Crippen LogP contribution in [0.15, 0.2) is 28.7 Å². The van der Waals surface area contributed by atoms with Gasteiger partial charge in [-0.25, -0.2) is 9.97 Å². The molecule has 0 aliphatic heterocycles. The van der Waals surface area contributed by atoms with Crippen LogP contribution < -0.4 is 10.5 Å². The van der Waals surface area contributed by atoms with Crippen molar-refractivity contribution in [3.05, 3.63) is 34.4 Å². The molecule has 0 amide bonds. The van der Waals surface area contributed by atoms with E-state index in [1.165, 1.54) is 6.07 Å². The molecule has 3 rings (SSSR count). The largest absolute Gasteiger partial charge is 0.434 e. The first-order valence-electron chi connectivity index (χ1n) is 6.43. The van der Waals surface area contributed by atoms with Crippen molar-refractivity contribution in [2.45, 2.75) is 25.4 Å². The van der Waals surface area contributed by atoms with Gasteiger partial charge in [0.1, 0.15) is 11.6 Å². The van der Waals surface area contributed by atoms with Crippen LogP contribution in [-0.2, 0) is 0 Å². The molecule has 0 atom stereocenters. The number of benzene rings is 1. The molecule has 1 fully saturated rings. The van der Waals surface area contributed by atoms with Crippen LogP contribution in [-0.4, -0.2) is 16.6 Å². The third-order valence-corrected chi connectivity index (χ3v) is 4.02. The van der Waals surface area contributed by atoms with Crippen LogP contribution in [0.3, 0.4) is 0 Å². The molecule has 0 spiro atoms. The van der Waals surface area contributed by atoms with Gasteiger partial charge in [0, 0.05) is 5.92 Å². The van der Waals surface area contributed by atoms with E-state index in [4.69, 9.17) is 5.73 Å². The van der Waals surface area contributed by atoms with Crippen LogP contribution >= 0.6 is 15.9 Å². The van der Waals surface area contributed by atoms with E-state index in [2.05, 4.69) is 30.6 Å². The third-order valence-electron chi connectivity index (χ3n) is 3.21. The topological polar surface area (TPSA) is 61.0 Å². The Balaban J connectivity index is 2.08. The van der Waals surface area contributed by atoms with Crippen molar-refractivity contribution in [3.63, 3.8) is 0 Å². The van der Waals surface area contributed by atoms with Crippen molar-refractivity contribution < 1.29 is 13.5 Å². The molecule has 1 aromatic carbocycles. The van der Waals surface area contributed by atoms with Crippen molar-refractivity contribution in [2.75, 3.05) is 5.73 Å². The summed E-state index contributed by atoms with van der Waals surface area (Å²) >= 11 is 3.39. The number of hydrogen-bond acceptors (Lipinski definition) is 4. The molecule has 1 heterocycles. The van der Waals surface area contributed by atoms with Crippen molar-refractivity contribution in [1.29, 1.82) is 0 Å². The monoisotopic (exact) mass is 355 g/mol. The second kappa shape index (κ2) is 5.55. The predicted octanol–water partition coefficient (Wildman–Crippen LogP) is 3.97. The molecule has 1 aliphatic carbocycles. The predicted molar refractivity (Wildman–Crippen MR) is 78.2 cm³/mol. The standard InChI is InChI=1S/C14H12BrF2N3O/c15-10-11(7-5-6-7)19-13(20-12(10)18)8-3-1-2-4-9(8)21-14(16)17/h1-4,7,14H,5-6H2,(H2,18,19,20). The summed E-state index contributed by atoms with van der Waals surface area (Å²) in [4.78, 5) is 8.65. The highest BCUT2D eigenvalue weighted by atomic mass is 79.9. The summed E-state index contributed by atoms with van der Waals surface area (Å²) in [7, 11) is 0. The first-order chi connectivity index (χ1) is 10.1. The van der Waals surface area contributed by atoms with E-state index in [0.29, 0.717) is 27.6 Å². The van der Waals surface area contributed by atoms with Crippen molar-refractivity contribution in [2.24, 2.45) is 0 Å². The van der Waals surface area contributed by atoms with Crippen molar-refractivity contribution in [3.8, 4) is 17.1 Å². The Morgan fingerprint density at radius 3 is 2.62 bits per heavy atom. The van der Waals surface area contributed by atoms with Crippen LogP contribution in [0.25, 0.3) is 11.4 Å². The molecule has 0 radical (unpaired) electrons. The summed E-state index contributed by atoms with van der Waals surface area (Å²) in [5, 5.41) is 0. The first-order valence-corrected chi connectivity index (χ1v) is 7.22. The number of alkyl halides is 2.